The summed E-state index contributed by atoms with van der Waals surface area (Å²) in [6.45, 7) is 15.8. The molecule has 2 aromatic heterocycles. The van der Waals surface area contributed by atoms with E-state index in [0.29, 0.717) is 28.0 Å². The second-order valence-electron chi connectivity index (χ2n) is 8.13. The van der Waals surface area contributed by atoms with Crippen LogP contribution in [0.5, 0.6) is 0 Å². The molecule has 6 nitrogen and oxygen atoms in total. The molecule has 1 amide bonds. The highest BCUT2D eigenvalue weighted by molar-refractivity contribution is 6.04. The first kappa shape index (κ1) is 26.6. The van der Waals surface area contributed by atoms with Crippen molar-refractivity contribution in [3.63, 3.8) is 0 Å². The summed E-state index contributed by atoms with van der Waals surface area (Å²) in [4.78, 5) is 25.1. The van der Waals surface area contributed by atoms with E-state index in [4.69, 9.17) is 0 Å². The summed E-state index contributed by atoms with van der Waals surface area (Å²) in [5, 5.41) is 7.60. The Morgan fingerprint density at radius 2 is 1.82 bits per heavy atom. The molecule has 0 radical (unpaired) electrons. The zero-order chi connectivity index (χ0) is 25.3. The smallest absolute Gasteiger partial charge is 0.257 e. The summed E-state index contributed by atoms with van der Waals surface area (Å²) >= 11 is 0. The third kappa shape index (κ3) is 7.20. The first-order chi connectivity index (χ1) is 16.2. The van der Waals surface area contributed by atoms with Gasteiger partial charge in [0.25, 0.3) is 5.91 Å². The second kappa shape index (κ2) is 12.6. The fourth-order valence-corrected chi connectivity index (χ4v) is 3.24. The van der Waals surface area contributed by atoms with Gasteiger partial charge in [-0.3, -0.25) is 9.78 Å². The Kier molecular flexibility index (Phi) is 9.86. The van der Waals surface area contributed by atoms with Gasteiger partial charge < -0.3 is 10.6 Å². The Hall–Kier alpha value is -3.61. The lowest BCUT2D eigenvalue weighted by molar-refractivity contribution is 0.102. The number of hydrogen-bond acceptors (Lipinski definition) is 5. The molecule has 180 valence electrons. The van der Waals surface area contributed by atoms with Crippen molar-refractivity contribution in [3.8, 4) is 0 Å². The summed E-state index contributed by atoms with van der Waals surface area (Å²) in [5.74, 6) is -0.294. The van der Waals surface area contributed by atoms with Crippen LogP contribution in [0.3, 0.4) is 0 Å². The van der Waals surface area contributed by atoms with Gasteiger partial charge in [-0.1, -0.05) is 45.9 Å². The number of pyridine rings is 1. The van der Waals surface area contributed by atoms with E-state index >= 15 is 0 Å². The van der Waals surface area contributed by atoms with E-state index in [1.807, 2.05) is 45.0 Å². The van der Waals surface area contributed by atoms with Crippen molar-refractivity contribution in [2.75, 3.05) is 10.6 Å². The van der Waals surface area contributed by atoms with Gasteiger partial charge in [0.05, 0.1) is 28.5 Å². The first-order valence-electron chi connectivity index (χ1n) is 11.5. The number of hydrogen-bond donors (Lipinski definition) is 2. The molecular weight excluding hydrogens is 429 g/mol. The van der Waals surface area contributed by atoms with E-state index in [9.17, 15) is 9.18 Å². The number of rotatable bonds is 6. The van der Waals surface area contributed by atoms with Crippen LogP contribution in [0.4, 0.5) is 15.9 Å². The lowest BCUT2D eigenvalue weighted by atomic mass is 10.0. The van der Waals surface area contributed by atoms with Crippen LogP contribution in [0.25, 0.3) is 12.7 Å². The van der Waals surface area contributed by atoms with Crippen LogP contribution in [-0.4, -0.2) is 20.9 Å². The molecular formula is C27H34FN5O. The van der Waals surface area contributed by atoms with Crippen LogP contribution < -0.4 is 21.3 Å². The van der Waals surface area contributed by atoms with Gasteiger partial charge >= 0.3 is 0 Å². The lowest BCUT2D eigenvalue weighted by Crippen LogP contribution is -2.30. The minimum absolute atomic E-state index is 0.0821. The highest BCUT2D eigenvalue weighted by atomic mass is 19.1. The van der Waals surface area contributed by atoms with Crippen LogP contribution in [-0.2, 0) is 0 Å². The maximum Gasteiger partial charge on any atom is 0.257 e. The summed E-state index contributed by atoms with van der Waals surface area (Å²) in [6, 6.07) is 7.07. The zero-order valence-electron chi connectivity index (χ0n) is 20.9. The van der Waals surface area contributed by atoms with E-state index in [0.717, 1.165) is 22.9 Å². The molecule has 0 aliphatic rings. The van der Waals surface area contributed by atoms with E-state index in [1.54, 1.807) is 13.1 Å². The number of nitrogens with zero attached hydrogens (tertiary/aromatic N) is 3. The summed E-state index contributed by atoms with van der Waals surface area (Å²) in [5.41, 5.74) is 3.33. The second-order valence-corrected chi connectivity index (χ2v) is 8.13. The van der Waals surface area contributed by atoms with Crippen molar-refractivity contribution in [1.82, 2.24) is 15.0 Å². The van der Waals surface area contributed by atoms with Gasteiger partial charge in [-0.25, -0.2) is 9.97 Å². The molecule has 3 aromatic rings. The summed E-state index contributed by atoms with van der Waals surface area (Å²) < 4.78 is 13.4. The number of halogens is 1. The minimum Gasteiger partial charge on any atom is -0.362 e. The van der Waals surface area contributed by atoms with Gasteiger partial charge in [-0.15, -0.1) is 0 Å². The molecule has 34 heavy (non-hydrogen) atoms. The average molecular weight is 464 g/mol. The van der Waals surface area contributed by atoms with Crippen LogP contribution in [0, 0.1) is 19.8 Å². The van der Waals surface area contributed by atoms with Crippen molar-refractivity contribution in [1.29, 1.82) is 0 Å². The minimum atomic E-state index is -0.580. The molecule has 1 atom stereocenters. The highest BCUT2D eigenvalue weighted by Gasteiger charge is 2.13. The van der Waals surface area contributed by atoms with Crippen molar-refractivity contribution >= 4 is 30.1 Å². The molecule has 0 bridgehead atoms. The van der Waals surface area contributed by atoms with Crippen molar-refractivity contribution < 1.29 is 9.18 Å². The standard InChI is InChI=1S/C24H26FN5O.C3H8/c1-6-7-21-17(5)29-22(13-26-21)28-16(4)20-11-19(9-8-14(20)2)30-24(31)18-10-15(3)23(25)27-12-18;1-3-2/h7-13,16H,5-6H2,1-4H3,(H,28,29)(H,30,31);3H2,1-2H3/b21-7+;. The molecule has 7 heteroatoms. The number of carbonyl (C=O) groups excluding carboxylic acids is 1. The number of amides is 1. The molecule has 0 aliphatic heterocycles. The first-order valence-corrected chi connectivity index (χ1v) is 11.5. The molecule has 1 unspecified atom stereocenters. The van der Waals surface area contributed by atoms with Gasteiger partial charge in [0, 0.05) is 17.4 Å². The van der Waals surface area contributed by atoms with Crippen LogP contribution >= 0.6 is 0 Å². The predicted molar refractivity (Wildman–Crippen MR) is 138 cm³/mol. The Morgan fingerprint density at radius 1 is 1.12 bits per heavy atom. The number of aromatic nitrogens is 3. The number of nitrogens with one attached hydrogen (secondary N) is 2. The maximum atomic E-state index is 13.4. The molecule has 0 fully saturated rings. The lowest BCUT2D eigenvalue weighted by Gasteiger charge is -2.18. The predicted octanol–water partition coefficient (Wildman–Crippen LogP) is 5.07. The number of benzene rings is 1. The SMILES string of the molecule is C=c1nc(NC(C)c2cc(NC(=O)c3cnc(F)c(C)c3)ccc2C)cn/c1=C/CC.CCC. The average Bonchev–Trinajstić information content (AvgIpc) is 2.79. The van der Waals surface area contributed by atoms with Crippen molar-refractivity contribution in [2.45, 2.75) is 60.4 Å². The summed E-state index contributed by atoms with van der Waals surface area (Å²) in [7, 11) is 0. The Balaban J connectivity index is 0.00000129. The molecule has 1 aromatic carbocycles. The molecule has 3 rings (SSSR count). The monoisotopic (exact) mass is 463 g/mol. The van der Waals surface area contributed by atoms with Gasteiger partial charge in [0.15, 0.2) is 0 Å². The topological polar surface area (TPSA) is 79.8 Å². The number of aryl methyl sites for hydroxylation is 2. The Morgan fingerprint density at radius 3 is 2.44 bits per heavy atom. The fraction of sp³-hybridized carbons (Fsp3) is 0.333. The highest BCUT2D eigenvalue weighted by Crippen LogP contribution is 2.24. The third-order valence-electron chi connectivity index (χ3n) is 4.92. The molecule has 2 N–H and O–H groups in total. The molecule has 0 spiro atoms. The Labute approximate surface area is 201 Å². The zero-order valence-corrected chi connectivity index (χ0v) is 20.9. The van der Waals surface area contributed by atoms with E-state index in [-0.39, 0.29) is 11.9 Å². The largest absolute Gasteiger partial charge is 0.362 e. The third-order valence-corrected chi connectivity index (χ3v) is 4.92. The number of anilines is 2. The van der Waals surface area contributed by atoms with Crippen LogP contribution in [0.15, 0.2) is 36.7 Å². The fourth-order valence-electron chi connectivity index (χ4n) is 3.24. The molecule has 0 saturated carbocycles. The summed E-state index contributed by atoms with van der Waals surface area (Å²) in [6.07, 6.45) is 7.02. The maximum absolute atomic E-state index is 13.4. The van der Waals surface area contributed by atoms with E-state index in [1.165, 1.54) is 18.7 Å². The van der Waals surface area contributed by atoms with E-state index in [2.05, 4.69) is 46.0 Å². The van der Waals surface area contributed by atoms with Gasteiger partial charge in [-0.05, 0) is 56.5 Å². The van der Waals surface area contributed by atoms with Crippen molar-refractivity contribution in [3.05, 3.63) is 75.6 Å². The number of carbonyl (C=O) groups is 1. The van der Waals surface area contributed by atoms with E-state index < -0.39 is 5.95 Å². The van der Waals surface area contributed by atoms with Gasteiger partial charge in [0.1, 0.15) is 5.82 Å². The molecule has 2 heterocycles. The molecule has 0 aliphatic carbocycles. The quantitative estimate of drug-likeness (QED) is 0.499. The van der Waals surface area contributed by atoms with Crippen LogP contribution in [0.1, 0.15) is 73.6 Å². The van der Waals surface area contributed by atoms with Gasteiger partial charge in [0.2, 0.25) is 5.95 Å². The normalized spacial score (nSPS) is 11.9. The van der Waals surface area contributed by atoms with Gasteiger partial charge in [-0.2, -0.15) is 4.39 Å². The Bertz CT molecular complexity index is 1240. The van der Waals surface area contributed by atoms with Crippen LogP contribution in [0.2, 0.25) is 0 Å². The van der Waals surface area contributed by atoms with Crippen molar-refractivity contribution in [2.24, 2.45) is 0 Å². The molecule has 0 saturated heterocycles.